The number of nitrogens with zero attached hydrogens (tertiary/aromatic N) is 1. The highest BCUT2D eigenvalue weighted by atomic mass is 127. The Morgan fingerprint density at radius 1 is 1.35 bits per heavy atom. The van der Waals surface area contributed by atoms with Gasteiger partial charge in [0.15, 0.2) is 5.96 Å². The maximum absolute atomic E-state index is 12.9. The molecule has 0 bridgehead atoms. The van der Waals surface area contributed by atoms with Crippen molar-refractivity contribution < 1.29 is 17.6 Å². The fourth-order valence-electron chi connectivity index (χ4n) is 1.60. The summed E-state index contributed by atoms with van der Waals surface area (Å²) in [4.78, 5) is 3.84. The van der Waals surface area contributed by atoms with E-state index in [-0.39, 0.29) is 48.1 Å². The number of nitrogens with two attached hydrogens (primary N) is 1. The Kier molecular flexibility index (Phi) is 5.60. The van der Waals surface area contributed by atoms with Crippen molar-refractivity contribution in [2.75, 3.05) is 0 Å². The van der Waals surface area contributed by atoms with Gasteiger partial charge in [-0.25, -0.2) is 9.38 Å². The van der Waals surface area contributed by atoms with Crippen LogP contribution >= 0.6 is 24.0 Å². The molecule has 8 heteroatoms. The summed E-state index contributed by atoms with van der Waals surface area (Å²) in [6.45, 7) is -0.235. The first-order valence-electron chi connectivity index (χ1n) is 5.78. The highest BCUT2D eigenvalue weighted by molar-refractivity contribution is 14.0. The molecule has 1 fully saturated rings. The van der Waals surface area contributed by atoms with E-state index in [1.165, 1.54) is 0 Å². The van der Waals surface area contributed by atoms with E-state index in [2.05, 4.69) is 10.3 Å². The van der Waals surface area contributed by atoms with Crippen LogP contribution in [0.15, 0.2) is 23.2 Å². The summed E-state index contributed by atoms with van der Waals surface area (Å²) in [5.74, 6) is -0.816. The van der Waals surface area contributed by atoms with E-state index in [9.17, 15) is 17.6 Å². The molecule has 0 amide bonds. The van der Waals surface area contributed by atoms with Gasteiger partial charge in [0.25, 0.3) is 0 Å². The van der Waals surface area contributed by atoms with Crippen LogP contribution in [0, 0.1) is 5.82 Å². The lowest BCUT2D eigenvalue weighted by Gasteiger charge is -2.12. The number of benzene rings is 1. The van der Waals surface area contributed by atoms with E-state index in [1.54, 1.807) is 0 Å². The molecular weight excluding hydrogens is 389 g/mol. The van der Waals surface area contributed by atoms with E-state index in [1.807, 2.05) is 0 Å². The van der Waals surface area contributed by atoms with Crippen LogP contribution in [-0.4, -0.2) is 12.0 Å². The molecule has 0 radical (unpaired) electrons. The second-order valence-electron chi connectivity index (χ2n) is 4.42. The second kappa shape index (κ2) is 6.59. The van der Waals surface area contributed by atoms with Gasteiger partial charge in [-0.1, -0.05) is 6.07 Å². The van der Waals surface area contributed by atoms with Gasteiger partial charge in [0, 0.05) is 6.04 Å². The van der Waals surface area contributed by atoms with Crippen molar-refractivity contribution in [2.24, 2.45) is 10.7 Å². The highest BCUT2D eigenvalue weighted by Gasteiger charge is 2.33. The number of nitrogens with one attached hydrogen (secondary N) is 1. The third-order valence-electron chi connectivity index (χ3n) is 2.73. The minimum Gasteiger partial charge on any atom is -0.370 e. The van der Waals surface area contributed by atoms with E-state index >= 15 is 0 Å². The van der Waals surface area contributed by atoms with Crippen molar-refractivity contribution in [2.45, 2.75) is 31.6 Å². The Labute approximate surface area is 130 Å². The molecule has 1 aromatic rings. The summed E-state index contributed by atoms with van der Waals surface area (Å²) < 4.78 is 51.0. The van der Waals surface area contributed by atoms with Gasteiger partial charge in [-0.05, 0) is 30.5 Å². The fourth-order valence-corrected chi connectivity index (χ4v) is 1.60. The van der Waals surface area contributed by atoms with Crippen LogP contribution in [0.25, 0.3) is 0 Å². The molecule has 3 N–H and O–H groups in total. The molecule has 0 spiro atoms. The fraction of sp³-hybridized carbons (Fsp3) is 0.417. The predicted molar refractivity (Wildman–Crippen MR) is 78.3 cm³/mol. The maximum Gasteiger partial charge on any atom is 0.416 e. The van der Waals surface area contributed by atoms with Gasteiger partial charge in [-0.2, -0.15) is 13.2 Å². The van der Waals surface area contributed by atoms with Gasteiger partial charge in [-0.15, -0.1) is 24.0 Å². The van der Waals surface area contributed by atoms with Crippen LogP contribution in [0.4, 0.5) is 17.6 Å². The molecule has 0 heterocycles. The van der Waals surface area contributed by atoms with Crippen molar-refractivity contribution in [1.82, 2.24) is 5.32 Å². The van der Waals surface area contributed by atoms with Crippen LogP contribution in [0.1, 0.15) is 24.0 Å². The molecule has 0 saturated heterocycles. The standard InChI is InChI=1S/C12H13F4N3.HI/c13-8-2-1-7(10(5-8)12(14,15)16)6-18-11(17)19-9-3-4-9;/h1-2,5,9H,3-4,6H2,(H3,17,18,19);1H. The monoisotopic (exact) mass is 403 g/mol. The van der Waals surface area contributed by atoms with E-state index < -0.39 is 17.6 Å². The molecule has 0 aliphatic heterocycles. The minimum atomic E-state index is -4.61. The zero-order chi connectivity index (χ0) is 14.0. The molecule has 1 aromatic carbocycles. The molecule has 20 heavy (non-hydrogen) atoms. The first-order chi connectivity index (χ1) is 8.86. The van der Waals surface area contributed by atoms with Crippen molar-refractivity contribution in [1.29, 1.82) is 0 Å². The van der Waals surface area contributed by atoms with E-state index in [4.69, 9.17) is 5.73 Å². The number of rotatable bonds is 3. The van der Waals surface area contributed by atoms with Crippen molar-refractivity contribution in [3.63, 3.8) is 0 Å². The Bertz CT molecular complexity index is 498. The summed E-state index contributed by atoms with van der Waals surface area (Å²) in [6, 6.07) is 2.80. The smallest absolute Gasteiger partial charge is 0.370 e. The lowest BCUT2D eigenvalue weighted by Crippen LogP contribution is -2.33. The lowest BCUT2D eigenvalue weighted by atomic mass is 10.1. The third-order valence-corrected chi connectivity index (χ3v) is 2.73. The van der Waals surface area contributed by atoms with Gasteiger partial charge in [-0.3, -0.25) is 0 Å². The van der Waals surface area contributed by atoms with Gasteiger partial charge >= 0.3 is 6.18 Å². The van der Waals surface area contributed by atoms with Crippen LogP contribution < -0.4 is 11.1 Å². The average molecular weight is 403 g/mol. The Morgan fingerprint density at radius 2 is 2.00 bits per heavy atom. The minimum absolute atomic E-state index is 0. The van der Waals surface area contributed by atoms with Gasteiger partial charge in [0.1, 0.15) is 5.82 Å². The van der Waals surface area contributed by atoms with Crippen LogP contribution in [0.2, 0.25) is 0 Å². The summed E-state index contributed by atoms with van der Waals surface area (Å²) >= 11 is 0. The molecule has 0 aromatic heterocycles. The molecule has 1 aliphatic carbocycles. The summed E-state index contributed by atoms with van der Waals surface area (Å²) in [5.41, 5.74) is 4.41. The topological polar surface area (TPSA) is 50.4 Å². The number of hydrogen-bond donors (Lipinski definition) is 2. The lowest BCUT2D eigenvalue weighted by molar-refractivity contribution is -0.138. The summed E-state index contributed by atoms with van der Waals surface area (Å²) in [5, 5.41) is 2.87. The van der Waals surface area contributed by atoms with Gasteiger partial charge in [0.2, 0.25) is 0 Å². The molecule has 2 rings (SSSR count). The number of guanidine groups is 1. The Balaban J connectivity index is 0.00000200. The Morgan fingerprint density at radius 3 is 2.55 bits per heavy atom. The van der Waals surface area contributed by atoms with Crippen molar-refractivity contribution in [3.8, 4) is 0 Å². The maximum atomic E-state index is 12.9. The molecular formula is C12H14F4IN3. The molecule has 112 valence electrons. The van der Waals surface area contributed by atoms with Crippen molar-refractivity contribution in [3.05, 3.63) is 35.1 Å². The zero-order valence-electron chi connectivity index (χ0n) is 10.4. The largest absolute Gasteiger partial charge is 0.416 e. The zero-order valence-corrected chi connectivity index (χ0v) is 12.7. The van der Waals surface area contributed by atoms with E-state index in [0.29, 0.717) is 6.07 Å². The van der Waals surface area contributed by atoms with Crippen LogP contribution in [0.3, 0.4) is 0 Å². The molecule has 3 nitrogen and oxygen atoms in total. The quantitative estimate of drug-likeness (QED) is 0.353. The second-order valence-corrected chi connectivity index (χ2v) is 4.42. The SMILES string of the molecule is I.NC(=NCc1ccc(F)cc1C(F)(F)F)NC1CC1. The first kappa shape index (κ1) is 17.0. The summed E-state index contributed by atoms with van der Waals surface area (Å²) in [6.07, 6.45) is -2.63. The Hall–Kier alpha value is -1.06. The average Bonchev–Trinajstić information content (AvgIpc) is 3.10. The molecule has 1 saturated carbocycles. The third kappa shape index (κ3) is 4.80. The number of aliphatic imine (C=N–C) groups is 1. The summed E-state index contributed by atoms with van der Waals surface area (Å²) in [7, 11) is 0. The first-order valence-corrected chi connectivity index (χ1v) is 5.78. The molecule has 1 aliphatic rings. The molecule has 0 unspecified atom stereocenters. The van der Waals surface area contributed by atoms with E-state index in [0.717, 1.165) is 25.0 Å². The predicted octanol–water partition coefficient (Wildman–Crippen LogP) is 3.03. The number of hydrogen-bond acceptors (Lipinski definition) is 1. The number of halogens is 5. The van der Waals surface area contributed by atoms with Gasteiger partial charge < -0.3 is 11.1 Å². The van der Waals surface area contributed by atoms with Crippen molar-refractivity contribution >= 4 is 29.9 Å². The van der Waals surface area contributed by atoms with Crippen LogP contribution in [-0.2, 0) is 12.7 Å². The highest BCUT2D eigenvalue weighted by Crippen LogP contribution is 2.32. The van der Waals surface area contributed by atoms with Crippen LogP contribution in [0.5, 0.6) is 0 Å². The number of alkyl halides is 3. The molecule has 0 atom stereocenters. The van der Waals surface area contributed by atoms with Gasteiger partial charge in [0.05, 0.1) is 12.1 Å². The normalized spacial score (nSPS) is 15.7.